The van der Waals surface area contributed by atoms with Crippen molar-refractivity contribution < 1.29 is 19.1 Å². The Hall–Kier alpha value is -0.630. The number of hydrogen-bond acceptors (Lipinski definition) is 4. The molecule has 82 valence electrons. The molecule has 0 aromatic rings. The quantitative estimate of drug-likeness (QED) is 0.538. The average molecular weight is 220 g/mol. The van der Waals surface area contributed by atoms with E-state index in [-0.39, 0.29) is 26.7 Å². The summed E-state index contributed by atoms with van der Waals surface area (Å²) in [6.45, 7) is 5.44. The maximum absolute atomic E-state index is 11.2. The maximum Gasteiger partial charge on any atom is 0.322 e. The SMILES string of the molecule is COC(=O)PCCC(=O)OC(C)(C)C. The van der Waals surface area contributed by atoms with Crippen LogP contribution in [0.25, 0.3) is 0 Å². The summed E-state index contributed by atoms with van der Waals surface area (Å²) in [5, 5.41) is 0. The topological polar surface area (TPSA) is 52.6 Å². The second-order valence-electron chi connectivity index (χ2n) is 3.75. The van der Waals surface area contributed by atoms with Crippen molar-refractivity contribution in [2.75, 3.05) is 13.3 Å². The molecule has 0 N–H and O–H groups in total. The Balaban J connectivity index is 3.60. The van der Waals surface area contributed by atoms with Crippen LogP contribution in [0.4, 0.5) is 4.79 Å². The first kappa shape index (κ1) is 13.4. The van der Waals surface area contributed by atoms with Crippen LogP contribution in [0.5, 0.6) is 0 Å². The summed E-state index contributed by atoms with van der Waals surface area (Å²) in [5.74, 6) is -0.270. The third kappa shape index (κ3) is 7.99. The Morgan fingerprint density at radius 3 is 2.29 bits per heavy atom. The molecule has 0 rings (SSSR count). The monoisotopic (exact) mass is 220 g/mol. The van der Waals surface area contributed by atoms with Crippen LogP contribution in [0, 0.1) is 0 Å². The van der Waals surface area contributed by atoms with Gasteiger partial charge in [0.2, 0.25) is 0 Å². The number of methoxy groups -OCH3 is 1. The standard InChI is InChI=1S/C9H17O4P/c1-9(2,3)13-7(10)5-6-14-8(11)12-4/h14H,5-6H2,1-4H3. The maximum atomic E-state index is 11.2. The van der Waals surface area contributed by atoms with Crippen LogP contribution in [-0.4, -0.2) is 30.6 Å². The zero-order valence-electron chi connectivity index (χ0n) is 9.05. The minimum Gasteiger partial charge on any atom is -0.466 e. The number of ether oxygens (including phenoxy) is 2. The summed E-state index contributed by atoms with van der Waals surface area (Å²) >= 11 is 0. The number of hydrogen-bond donors (Lipinski definition) is 0. The highest BCUT2D eigenvalue weighted by atomic mass is 31.1. The van der Waals surface area contributed by atoms with E-state index in [4.69, 9.17) is 4.74 Å². The largest absolute Gasteiger partial charge is 0.466 e. The van der Waals surface area contributed by atoms with Gasteiger partial charge in [-0.3, -0.25) is 4.79 Å². The lowest BCUT2D eigenvalue weighted by atomic mass is 10.2. The van der Waals surface area contributed by atoms with E-state index < -0.39 is 5.60 Å². The zero-order chi connectivity index (χ0) is 11.2. The molecular formula is C9H17O4P. The molecule has 1 atom stereocenters. The van der Waals surface area contributed by atoms with E-state index in [1.807, 2.05) is 20.8 Å². The first-order valence-electron chi connectivity index (χ1n) is 4.39. The third-order valence-corrected chi connectivity index (χ3v) is 2.20. The summed E-state index contributed by atoms with van der Waals surface area (Å²) in [4.78, 5) is 21.9. The molecule has 4 nitrogen and oxygen atoms in total. The van der Waals surface area contributed by atoms with Crippen molar-refractivity contribution in [1.29, 1.82) is 0 Å². The molecule has 0 saturated heterocycles. The van der Waals surface area contributed by atoms with Crippen molar-refractivity contribution in [3.05, 3.63) is 0 Å². The molecule has 0 aliphatic carbocycles. The van der Waals surface area contributed by atoms with E-state index in [9.17, 15) is 9.59 Å². The minimum atomic E-state index is -0.453. The molecular weight excluding hydrogens is 203 g/mol. The van der Waals surface area contributed by atoms with Gasteiger partial charge in [-0.25, -0.2) is 4.79 Å². The van der Waals surface area contributed by atoms with Gasteiger partial charge in [-0.05, 0) is 35.5 Å². The molecule has 0 amide bonds. The highest BCUT2D eigenvalue weighted by Gasteiger charge is 2.16. The summed E-state index contributed by atoms with van der Waals surface area (Å²) in [7, 11) is 1.36. The first-order chi connectivity index (χ1) is 6.35. The Bertz CT molecular complexity index is 207. The van der Waals surface area contributed by atoms with Gasteiger partial charge in [-0.15, -0.1) is 0 Å². The van der Waals surface area contributed by atoms with Crippen LogP contribution >= 0.6 is 8.58 Å². The van der Waals surface area contributed by atoms with Gasteiger partial charge in [-0.2, -0.15) is 0 Å². The lowest BCUT2D eigenvalue weighted by molar-refractivity contribution is -0.154. The predicted molar refractivity (Wildman–Crippen MR) is 56.0 cm³/mol. The van der Waals surface area contributed by atoms with Crippen molar-refractivity contribution in [2.45, 2.75) is 32.8 Å². The molecule has 0 aromatic carbocycles. The summed E-state index contributed by atoms with van der Waals surface area (Å²) < 4.78 is 9.52. The van der Waals surface area contributed by atoms with Gasteiger partial charge in [0.05, 0.1) is 7.11 Å². The molecule has 0 fully saturated rings. The summed E-state index contributed by atoms with van der Waals surface area (Å²) in [6, 6.07) is 0. The molecule has 0 heterocycles. The van der Waals surface area contributed by atoms with E-state index in [0.717, 1.165) is 0 Å². The average Bonchev–Trinajstić information content (AvgIpc) is 2.00. The molecule has 0 radical (unpaired) electrons. The van der Waals surface area contributed by atoms with Crippen molar-refractivity contribution in [1.82, 2.24) is 0 Å². The van der Waals surface area contributed by atoms with Crippen LogP contribution in [0.2, 0.25) is 0 Å². The van der Waals surface area contributed by atoms with E-state index >= 15 is 0 Å². The van der Waals surface area contributed by atoms with E-state index in [2.05, 4.69) is 4.74 Å². The zero-order valence-corrected chi connectivity index (χ0v) is 10.0. The van der Waals surface area contributed by atoms with Crippen molar-refractivity contribution >= 4 is 20.3 Å². The van der Waals surface area contributed by atoms with E-state index in [0.29, 0.717) is 6.16 Å². The molecule has 0 aromatic heterocycles. The first-order valence-corrected chi connectivity index (χ1v) is 5.59. The van der Waals surface area contributed by atoms with Gasteiger partial charge in [0.15, 0.2) is 0 Å². The molecule has 14 heavy (non-hydrogen) atoms. The molecule has 0 bridgehead atoms. The molecule has 5 heteroatoms. The number of esters is 1. The lowest BCUT2D eigenvalue weighted by Gasteiger charge is -2.19. The smallest absolute Gasteiger partial charge is 0.322 e. The summed E-state index contributed by atoms with van der Waals surface area (Å²) in [5.41, 5.74) is -0.723. The second-order valence-corrected chi connectivity index (χ2v) is 5.02. The van der Waals surface area contributed by atoms with Gasteiger partial charge in [0, 0.05) is 6.42 Å². The van der Waals surface area contributed by atoms with Crippen molar-refractivity contribution in [3.63, 3.8) is 0 Å². The third-order valence-electron chi connectivity index (χ3n) is 1.20. The van der Waals surface area contributed by atoms with Gasteiger partial charge >= 0.3 is 11.7 Å². The number of carbonyl (C=O) groups is 2. The van der Waals surface area contributed by atoms with Gasteiger partial charge in [0.25, 0.3) is 0 Å². The molecule has 1 unspecified atom stereocenters. The van der Waals surface area contributed by atoms with Crippen LogP contribution in [-0.2, 0) is 14.3 Å². The lowest BCUT2D eigenvalue weighted by Crippen LogP contribution is -2.24. The van der Waals surface area contributed by atoms with Crippen molar-refractivity contribution in [2.24, 2.45) is 0 Å². The van der Waals surface area contributed by atoms with Gasteiger partial charge in [0.1, 0.15) is 5.60 Å². The Kier molecular flexibility index (Phi) is 5.70. The van der Waals surface area contributed by atoms with Crippen molar-refractivity contribution in [3.8, 4) is 0 Å². The molecule has 0 aliphatic heterocycles. The fourth-order valence-corrected chi connectivity index (χ4v) is 1.41. The van der Waals surface area contributed by atoms with Crippen LogP contribution in [0.15, 0.2) is 0 Å². The van der Waals surface area contributed by atoms with Crippen LogP contribution in [0.3, 0.4) is 0 Å². The highest BCUT2D eigenvalue weighted by Crippen LogP contribution is 2.16. The molecule has 0 spiro atoms. The second kappa shape index (κ2) is 5.97. The normalized spacial score (nSPS) is 11.7. The Morgan fingerprint density at radius 1 is 1.29 bits per heavy atom. The minimum absolute atomic E-state index is 0.0233. The van der Waals surface area contributed by atoms with E-state index in [1.165, 1.54) is 7.11 Å². The summed E-state index contributed by atoms with van der Waals surface area (Å²) in [6.07, 6.45) is 0.770. The fourth-order valence-electron chi connectivity index (χ4n) is 0.731. The van der Waals surface area contributed by atoms with Crippen LogP contribution in [0.1, 0.15) is 27.2 Å². The van der Waals surface area contributed by atoms with Gasteiger partial charge in [-0.1, -0.05) is 0 Å². The Labute approximate surface area is 86.1 Å². The molecule has 0 saturated carbocycles. The predicted octanol–water partition coefficient (Wildman–Crippen LogP) is 2.16. The Morgan fingerprint density at radius 2 is 1.86 bits per heavy atom. The van der Waals surface area contributed by atoms with E-state index in [1.54, 1.807) is 0 Å². The molecule has 0 aliphatic rings. The number of carbonyl (C=O) groups excluding carboxylic acids is 2. The highest BCUT2D eigenvalue weighted by molar-refractivity contribution is 7.57. The van der Waals surface area contributed by atoms with Crippen LogP contribution < -0.4 is 0 Å². The van der Waals surface area contributed by atoms with Gasteiger partial charge < -0.3 is 9.47 Å². The number of rotatable bonds is 4. The fraction of sp³-hybridized carbons (Fsp3) is 0.778.